The van der Waals surface area contributed by atoms with Crippen LogP contribution in [-0.4, -0.2) is 13.0 Å². The molecule has 3 atom stereocenters. The number of methoxy groups -OCH3 is 1. The third-order valence-corrected chi connectivity index (χ3v) is 6.11. The minimum absolute atomic E-state index is 0.0907. The van der Waals surface area contributed by atoms with E-state index in [0.717, 1.165) is 23.5 Å². The van der Waals surface area contributed by atoms with Crippen LogP contribution in [0.5, 0.6) is 5.75 Å². The Morgan fingerprint density at radius 1 is 1.03 bits per heavy atom. The van der Waals surface area contributed by atoms with Gasteiger partial charge in [0.25, 0.3) is 5.91 Å². The number of benzene rings is 3. The molecular formula is C26H24N2O2. The Morgan fingerprint density at radius 2 is 1.90 bits per heavy atom. The van der Waals surface area contributed by atoms with Crippen LogP contribution in [0, 0.1) is 5.92 Å². The molecule has 3 aromatic rings. The maximum atomic E-state index is 12.6. The third kappa shape index (κ3) is 3.35. The molecule has 0 saturated heterocycles. The Balaban J connectivity index is 1.44. The Bertz CT molecular complexity index is 1110. The van der Waals surface area contributed by atoms with E-state index in [0.29, 0.717) is 17.4 Å². The fourth-order valence-corrected chi connectivity index (χ4v) is 4.63. The predicted octanol–water partition coefficient (Wildman–Crippen LogP) is 5.77. The van der Waals surface area contributed by atoms with Gasteiger partial charge in [-0.2, -0.15) is 0 Å². The lowest BCUT2D eigenvalue weighted by molar-refractivity contribution is 0.102. The van der Waals surface area contributed by atoms with Crippen molar-refractivity contribution in [2.24, 2.45) is 5.92 Å². The Hall–Kier alpha value is -3.53. The molecule has 3 aromatic carbocycles. The summed E-state index contributed by atoms with van der Waals surface area (Å²) in [6.45, 7) is 0. The molecular weight excluding hydrogens is 372 g/mol. The summed E-state index contributed by atoms with van der Waals surface area (Å²) in [5, 5.41) is 6.78. The second-order valence-electron chi connectivity index (χ2n) is 7.87. The lowest BCUT2D eigenvalue weighted by atomic mass is 9.77. The smallest absolute Gasteiger partial charge is 0.255 e. The number of nitrogens with one attached hydrogen (secondary N) is 2. The average Bonchev–Trinajstić information content (AvgIpc) is 3.29. The van der Waals surface area contributed by atoms with Crippen molar-refractivity contribution in [1.82, 2.24) is 0 Å². The highest BCUT2D eigenvalue weighted by atomic mass is 16.5. The molecule has 1 aliphatic carbocycles. The zero-order valence-electron chi connectivity index (χ0n) is 16.8. The molecule has 4 heteroatoms. The number of carbonyl (C=O) groups is 1. The van der Waals surface area contributed by atoms with Gasteiger partial charge in [0, 0.05) is 22.9 Å². The van der Waals surface area contributed by atoms with Gasteiger partial charge in [-0.3, -0.25) is 4.79 Å². The lowest BCUT2D eigenvalue weighted by Crippen LogP contribution is -2.29. The van der Waals surface area contributed by atoms with E-state index in [-0.39, 0.29) is 11.9 Å². The van der Waals surface area contributed by atoms with Gasteiger partial charge in [0.15, 0.2) is 0 Å². The van der Waals surface area contributed by atoms with E-state index in [1.54, 1.807) is 7.11 Å². The van der Waals surface area contributed by atoms with Crippen LogP contribution in [-0.2, 0) is 0 Å². The van der Waals surface area contributed by atoms with Gasteiger partial charge in [0.05, 0.1) is 13.2 Å². The van der Waals surface area contributed by atoms with Crippen molar-refractivity contribution >= 4 is 17.3 Å². The maximum absolute atomic E-state index is 12.6. The van der Waals surface area contributed by atoms with E-state index in [2.05, 4.69) is 47.1 Å². The summed E-state index contributed by atoms with van der Waals surface area (Å²) in [7, 11) is 1.70. The van der Waals surface area contributed by atoms with Crippen LogP contribution in [0.25, 0.3) is 0 Å². The number of rotatable bonds is 4. The zero-order chi connectivity index (χ0) is 20.5. The topological polar surface area (TPSA) is 50.4 Å². The highest BCUT2D eigenvalue weighted by Crippen LogP contribution is 2.50. The van der Waals surface area contributed by atoms with E-state index < -0.39 is 0 Å². The van der Waals surface area contributed by atoms with Gasteiger partial charge in [-0.1, -0.05) is 42.5 Å². The number of carbonyl (C=O) groups excluding carboxylic acids is 1. The molecule has 0 aromatic heterocycles. The van der Waals surface area contributed by atoms with Crippen molar-refractivity contribution in [3.8, 4) is 5.75 Å². The SMILES string of the molecule is COc1cccc(C2Nc3ccc(NC(=O)c4ccccc4)cc3C3C=CCC32)c1. The van der Waals surface area contributed by atoms with Crippen LogP contribution in [0.3, 0.4) is 0 Å². The van der Waals surface area contributed by atoms with E-state index >= 15 is 0 Å². The van der Waals surface area contributed by atoms with Crippen LogP contribution in [0.2, 0.25) is 0 Å². The summed E-state index contributed by atoms with van der Waals surface area (Å²) < 4.78 is 5.43. The second kappa shape index (κ2) is 7.71. The number of hydrogen-bond donors (Lipinski definition) is 2. The molecule has 2 N–H and O–H groups in total. The van der Waals surface area contributed by atoms with Crippen LogP contribution in [0.15, 0.2) is 84.9 Å². The first kappa shape index (κ1) is 18.5. The van der Waals surface area contributed by atoms with Crippen LogP contribution in [0.4, 0.5) is 11.4 Å². The van der Waals surface area contributed by atoms with Gasteiger partial charge in [-0.15, -0.1) is 0 Å². The van der Waals surface area contributed by atoms with Gasteiger partial charge in [0.1, 0.15) is 5.75 Å². The molecule has 0 bridgehead atoms. The van der Waals surface area contributed by atoms with Crippen LogP contribution in [0.1, 0.15) is 39.9 Å². The van der Waals surface area contributed by atoms with Crippen molar-refractivity contribution in [2.75, 3.05) is 17.7 Å². The number of ether oxygens (including phenoxy) is 1. The predicted molar refractivity (Wildman–Crippen MR) is 120 cm³/mol. The number of fused-ring (bicyclic) bond motifs is 3. The van der Waals surface area contributed by atoms with Gasteiger partial charge >= 0.3 is 0 Å². The van der Waals surface area contributed by atoms with E-state index in [1.807, 2.05) is 48.5 Å². The van der Waals surface area contributed by atoms with Crippen LogP contribution >= 0.6 is 0 Å². The summed E-state index contributed by atoms with van der Waals surface area (Å²) in [5.74, 6) is 1.55. The third-order valence-electron chi connectivity index (χ3n) is 6.11. The molecule has 0 spiro atoms. The highest BCUT2D eigenvalue weighted by molar-refractivity contribution is 6.04. The number of anilines is 2. The zero-order valence-corrected chi connectivity index (χ0v) is 16.8. The Morgan fingerprint density at radius 3 is 2.73 bits per heavy atom. The van der Waals surface area contributed by atoms with E-state index in [1.165, 1.54) is 11.1 Å². The van der Waals surface area contributed by atoms with Crippen molar-refractivity contribution in [3.63, 3.8) is 0 Å². The quantitative estimate of drug-likeness (QED) is 0.550. The molecule has 150 valence electrons. The summed E-state index contributed by atoms with van der Waals surface area (Å²) in [6.07, 6.45) is 5.61. The molecule has 0 saturated carbocycles. The molecule has 30 heavy (non-hydrogen) atoms. The van der Waals surface area contributed by atoms with Crippen molar-refractivity contribution in [3.05, 3.63) is 102 Å². The molecule has 2 aliphatic rings. The minimum atomic E-state index is -0.0907. The summed E-state index contributed by atoms with van der Waals surface area (Å²) in [4.78, 5) is 12.6. The van der Waals surface area contributed by atoms with Crippen LogP contribution < -0.4 is 15.4 Å². The van der Waals surface area contributed by atoms with Gasteiger partial charge in [0.2, 0.25) is 0 Å². The molecule has 3 unspecified atom stereocenters. The van der Waals surface area contributed by atoms with E-state index in [9.17, 15) is 4.79 Å². The molecule has 5 rings (SSSR count). The van der Waals surface area contributed by atoms with Crippen molar-refractivity contribution < 1.29 is 9.53 Å². The standard InChI is InChI=1S/C26H24N2O2/c1-30-20-10-5-9-18(15-20)25-22-12-6-11-21(22)23-16-19(13-14-24(23)28-25)27-26(29)17-7-3-2-4-8-17/h2-11,13-16,21-22,25,28H,12H2,1H3,(H,27,29). The Labute approximate surface area is 176 Å². The number of hydrogen-bond acceptors (Lipinski definition) is 3. The molecule has 1 amide bonds. The first-order valence-electron chi connectivity index (χ1n) is 10.3. The summed E-state index contributed by atoms with van der Waals surface area (Å²) in [5.41, 5.74) is 5.07. The fourth-order valence-electron chi connectivity index (χ4n) is 4.63. The second-order valence-corrected chi connectivity index (χ2v) is 7.87. The largest absolute Gasteiger partial charge is 0.497 e. The van der Waals surface area contributed by atoms with Gasteiger partial charge in [-0.25, -0.2) is 0 Å². The summed E-state index contributed by atoms with van der Waals surface area (Å²) >= 11 is 0. The molecule has 0 radical (unpaired) electrons. The average molecular weight is 396 g/mol. The van der Waals surface area contributed by atoms with Gasteiger partial charge in [-0.05, 0) is 65.9 Å². The Kier molecular flexibility index (Phi) is 4.75. The highest BCUT2D eigenvalue weighted by Gasteiger charge is 2.38. The minimum Gasteiger partial charge on any atom is -0.497 e. The lowest BCUT2D eigenvalue weighted by Gasteiger charge is -2.37. The van der Waals surface area contributed by atoms with Crippen molar-refractivity contribution in [1.29, 1.82) is 0 Å². The van der Waals surface area contributed by atoms with E-state index in [4.69, 9.17) is 4.74 Å². The first-order chi connectivity index (χ1) is 14.7. The van der Waals surface area contributed by atoms with Gasteiger partial charge < -0.3 is 15.4 Å². The molecule has 4 nitrogen and oxygen atoms in total. The fraction of sp³-hybridized carbons (Fsp3) is 0.192. The molecule has 0 fully saturated rings. The monoisotopic (exact) mass is 396 g/mol. The maximum Gasteiger partial charge on any atom is 0.255 e. The normalized spacial score (nSPS) is 21.3. The molecule has 1 heterocycles. The summed E-state index contributed by atoms with van der Waals surface area (Å²) in [6, 6.07) is 24.0. The molecule has 1 aliphatic heterocycles. The number of amides is 1. The first-order valence-corrected chi connectivity index (χ1v) is 10.3. The van der Waals surface area contributed by atoms with Crippen molar-refractivity contribution in [2.45, 2.75) is 18.4 Å². The number of allylic oxidation sites excluding steroid dienone is 2.